The van der Waals surface area contributed by atoms with Crippen LogP contribution in [0.1, 0.15) is 37.7 Å². The summed E-state index contributed by atoms with van der Waals surface area (Å²) in [4.78, 5) is 0. The maximum Gasteiger partial charge on any atom is 0.0587 e. The summed E-state index contributed by atoms with van der Waals surface area (Å²) in [5.41, 5.74) is 1.31. The first-order valence-corrected chi connectivity index (χ1v) is 8.18. The van der Waals surface area contributed by atoms with Crippen LogP contribution in [0.15, 0.2) is 24.3 Å². The lowest BCUT2D eigenvalue weighted by Gasteiger charge is -2.18. The highest BCUT2D eigenvalue weighted by Gasteiger charge is 2.11. The van der Waals surface area contributed by atoms with Crippen molar-refractivity contribution >= 4 is 11.6 Å². The van der Waals surface area contributed by atoms with Crippen LogP contribution in [0.5, 0.6) is 0 Å². The summed E-state index contributed by atoms with van der Waals surface area (Å²) >= 11 is 5.97. The smallest absolute Gasteiger partial charge is 0.0587 e. The van der Waals surface area contributed by atoms with Crippen LogP contribution in [-0.2, 0) is 9.47 Å². The number of nitrogens with one attached hydrogen (secondary N) is 1. The summed E-state index contributed by atoms with van der Waals surface area (Å²) in [6, 6.07) is 8.13. The summed E-state index contributed by atoms with van der Waals surface area (Å²) in [6.07, 6.45) is 3.34. The Morgan fingerprint density at radius 3 is 2.57 bits per heavy atom. The summed E-state index contributed by atoms with van der Waals surface area (Å²) in [7, 11) is 1.72. The largest absolute Gasteiger partial charge is 0.383 e. The SMILES string of the molecule is CCCCOCCC(CNCCOC)c1ccc(Cl)cc1. The van der Waals surface area contributed by atoms with Gasteiger partial charge in [0, 0.05) is 38.4 Å². The number of rotatable bonds is 12. The zero-order valence-corrected chi connectivity index (χ0v) is 14.0. The molecule has 0 aromatic heterocycles. The number of benzene rings is 1. The third-order valence-corrected chi connectivity index (χ3v) is 3.72. The van der Waals surface area contributed by atoms with Crippen LogP contribution in [-0.4, -0.2) is 40.0 Å². The molecular weight excluding hydrogens is 286 g/mol. The molecule has 3 nitrogen and oxygen atoms in total. The van der Waals surface area contributed by atoms with E-state index in [-0.39, 0.29) is 0 Å². The third-order valence-electron chi connectivity index (χ3n) is 3.47. The van der Waals surface area contributed by atoms with E-state index in [0.29, 0.717) is 5.92 Å². The van der Waals surface area contributed by atoms with Gasteiger partial charge in [-0.3, -0.25) is 0 Å². The molecule has 0 aliphatic carbocycles. The lowest BCUT2D eigenvalue weighted by molar-refractivity contribution is 0.123. The number of hydrogen-bond acceptors (Lipinski definition) is 3. The van der Waals surface area contributed by atoms with E-state index in [9.17, 15) is 0 Å². The summed E-state index contributed by atoms with van der Waals surface area (Å²) in [5.74, 6) is 0.445. The number of halogens is 1. The second-order valence-corrected chi connectivity index (χ2v) is 5.64. The molecule has 0 heterocycles. The predicted molar refractivity (Wildman–Crippen MR) is 89.3 cm³/mol. The minimum absolute atomic E-state index is 0.445. The Morgan fingerprint density at radius 2 is 1.90 bits per heavy atom. The molecule has 0 radical (unpaired) electrons. The molecular formula is C17H28ClNO2. The molecule has 0 aliphatic rings. The van der Waals surface area contributed by atoms with Crippen molar-refractivity contribution in [3.63, 3.8) is 0 Å². The van der Waals surface area contributed by atoms with Gasteiger partial charge in [-0.05, 0) is 36.5 Å². The monoisotopic (exact) mass is 313 g/mol. The maximum absolute atomic E-state index is 5.97. The van der Waals surface area contributed by atoms with E-state index < -0.39 is 0 Å². The van der Waals surface area contributed by atoms with Crippen LogP contribution in [0.2, 0.25) is 5.02 Å². The fourth-order valence-electron chi connectivity index (χ4n) is 2.15. The van der Waals surface area contributed by atoms with Crippen LogP contribution in [0.3, 0.4) is 0 Å². The first-order chi connectivity index (χ1) is 10.3. The molecule has 0 saturated carbocycles. The third kappa shape index (κ3) is 8.42. The lowest BCUT2D eigenvalue weighted by Crippen LogP contribution is -2.26. The number of hydrogen-bond donors (Lipinski definition) is 1. The van der Waals surface area contributed by atoms with E-state index >= 15 is 0 Å². The van der Waals surface area contributed by atoms with Crippen molar-refractivity contribution in [2.24, 2.45) is 0 Å². The molecule has 0 fully saturated rings. The van der Waals surface area contributed by atoms with E-state index in [0.717, 1.165) is 50.8 Å². The fourth-order valence-corrected chi connectivity index (χ4v) is 2.27. The highest BCUT2D eigenvalue weighted by atomic mass is 35.5. The fraction of sp³-hybridized carbons (Fsp3) is 0.647. The Labute approximate surface area is 134 Å². The summed E-state index contributed by atoms with van der Waals surface area (Å²) in [6.45, 7) is 6.39. The molecule has 1 aromatic rings. The minimum Gasteiger partial charge on any atom is -0.383 e. The van der Waals surface area contributed by atoms with Crippen molar-refractivity contribution in [1.29, 1.82) is 0 Å². The zero-order chi connectivity index (χ0) is 15.3. The molecule has 4 heteroatoms. The highest BCUT2D eigenvalue weighted by Crippen LogP contribution is 2.21. The minimum atomic E-state index is 0.445. The molecule has 0 aliphatic heterocycles. The molecule has 1 unspecified atom stereocenters. The van der Waals surface area contributed by atoms with Crippen molar-refractivity contribution in [3.8, 4) is 0 Å². The van der Waals surface area contributed by atoms with Crippen LogP contribution >= 0.6 is 11.6 Å². The van der Waals surface area contributed by atoms with Gasteiger partial charge in [-0.1, -0.05) is 37.1 Å². The van der Waals surface area contributed by atoms with E-state index in [1.165, 1.54) is 12.0 Å². The van der Waals surface area contributed by atoms with E-state index in [2.05, 4.69) is 24.4 Å². The van der Waals surface area contributed by atoms with Gasteiger partial charge in [-0.15, -0.1) is 0 Å². The first-order valence-electron chi connectivity index (χ1n) is 7.80. The number of ether oxygens (including phenoxy) is 2. The quantitative estimate of drug-likeness (QED) is 0.594. The zero-order valence-electron chi connectivity index (χ0n) is 13.2. The van der Waals surface area contributed by atoms with Gasteiger partial charge in [0.15, 0.2) is 0 Å². The topological polar surface area (TPSA) is 30.5 Å². The van der Waals surface area contributed by atoms with Gasteiger partial charge in [0.1, 0.15) is 0 Å². The Bertz CT molecular complexity index is 356. The Hall–Kier alpha value is -0.610. The molecule has 0 bridgehead atoms. The van der Waals surface area contributed by atoms with Gasteiger partial charge in [-0.25, -0.2) is 0 Å². The summed E-state index contributed by atoms with van der Waals surface area (Å²) < 4.78 is 10.8. The van der Waals surface area contributed by atoms with Crippen molar-refractivity contribution in [2.45, 2.75) is 32.1 Å². The van der Waals surface area contributed by atoms with Gasteiger partial charge in [0.2, 0.25) is 0 Å². The van der Waals surface area contributed by atoms with Crippen LogP contribution in [0.4, 0.5) is 0 Å². The standard InChI is InChI=1S/C17H28ClNO2/c1-3-4-11-21-12-9-16(14-19-10-13-20-2)15-5-7-17(18)8-6-15/h5-8,16,19H,3-4,9-14H2,1-2H3. The number of methoxy groups -OCH3 is 1. The first kappa shape index (κ1) is 18.4. The van der Waals surface area contributed by atoms with E-state index in [1.807, 2.05) is 12.1 Å². The molecule has 21 heavy (non-hydrogen) atoms. The Balaban J connectivity index is 2.43. The molecule has 0 spiro atoms. The predicted octanol–water partition coefficient (Wildman–Crippen LogP) is 3.87. The molecule has 1 rings (SSSR count). The van der Waals surface area contributed by atoms with Crippen LogP contribution in [0.25, 0.3) is 0 Å². The van der Waals surface area contributed by atoms with Gasteiger partial charge >= 0.3 is 0 Å². The second kappa shape index (κ2) is 12.0. The molecule has 0 saturated heterocycles. The molecule has 1 atom stereocenters. The maximum atomic E-state index is 5.97. The van der Waals surface area contributed by atoms with E-state index in [1.54, 1.807) is 7.11 Å². The number of unbranched alkanes of at least 4 members (excludes halogenated alkanes) is 1. The Morgan fingerprint density at radius 1 is 1.14 bits per heavy atom. The van der Waals surface area contributed by atoms with Gasteiger partial charge in [0.25, 0.3) is 0 Å². The van der Waals surface area contributed by atoms with Crippen LogP contribution in [0, 0.1) is 0 Å². The summed E-state index contributed by atoms with van der Waals surface area (Å²) in [5, 5.41) is 4.22. The van der Waals surface area contributed by atoms with Gasteiger partial charge < -0.3 is 14.8 Å². The molecule has 1 N–H and O–H groups in total. The Kier molecular flexibility index (Phi) is 10.5. The van der Waals surface area contributed by atoms with Crippen molar-refractivity contribution in [3.05, 3.63) is 34.9 Å². The van der Waals surface area contributed by atoms with Crippen molar-refractivity contribution in [2.75, 3.05) is 40.0 Å². The molecule has 0 amide bonds. The molecule has 120 valence electrons. The average molecular weight is 314 g/mol. The average Bonchev–Trinajstić information content (AvgIpc) is 2.50. The normalized spacial score (nSPS) is 12.5. The van der Waals surface area contributed by atoms with E-state index in [4.69, 9.17) is 21.1 Å². The van der Waals surface area contributed by atoms with Gasteiger partial charge in [0.05, 0.1) is 6.61 Å². The van der Waals surface area contributed by atoms with Crippen LogP contribution < -0.4 is 5.32 Å². The molecule has 1 aromatic carbocycles. The highest BCUT2D eigenvalue weighted by molar-refractivity contribution is 6.30. The van der Waals surface area contributed by atoms with Gasteiger partial charge in [-0.2, -0.15) is 0 Å². The second-order valence-electron chi connectivity index (χ2n) is 5.20. The van der Waals surface area contributed by atoms with Crippen molar-refractivity contribution in [1.82, 2.24) is 5.32 Å². The van der Waals surface area contributed by atoms with Crippen molar-refractivity contribution < 1.29 is 9.47 Å². The lowest BCUT2D eigenvalue weighted by atomic mass is 9.96.